The van der Waals surface area contributed by atoms with Crippen LogP contribution < -0.4 is 16.2 Å². The zero-order chi connectivity index (χ0) is 25.1. The predicted molar refractivity (Wildman–Crippen MR) is 142 cm³/mol. The number of aromatic nitrogens is 3. The molecule has 0 bridgehead atoms. The zero-order valence-corrected chi connectivity index (χ0v) is 21.4. The van der Waals surface area contributed by atoms with Gasteiger partial charge in [-0.2, -0.15) is 0 Å². The number of carbonyl (C=O) groups excluding carboxylic acids is 1. The fraction of sp³-hybridized carbons (Fsp3) is 0.167. The first-order chi connectivity index (χ1) is 16.7. The van der Waals surface area contributed by atoms with Gasteiger partial charge >= 0.3 is 0 Å². The first kappa shape index (κ1) is 25.3. The smallest absolute Gasteiger partial charge is 0.278 e. The largest absolute Gasteiger partial charge is 0.366 e. The molecule has 0 atom stereocenters. The lowest BCUT2D eigenvalue weighted by atomic mass is 10.1. The Kier molecular flexibility index (Phi) is 7.82. The van der Waals surface area contributed by atoms with Crippen molar-refractivity contribution < 1.29 is 4.79 Å². The number of amides is 1. The molecule has 2 N–H and O–H groups in total. The summed E-state index contributed by atoms with van der Waals surface area (Å²) in [6, 6.07) is 13.8. The molecule has 0 saturated heterocycles. The number of carbonyl (C=O) groups is 1. The number of benzene rings is 2. The summed E-state index contributed by atoms with van der Waals surface area (Å²) in [5, 5.41) is 7.56. The fourth-order valence-electron chi connectivity index (χ4n) is 3.44. The van der Waals surface area contributed by atoms with Crippen LogP contribution in [-0.2, 0) is 17.9 Å². The number of pyridine rings is 1. The number of halogens is 4. The Morgan fingerprint density at radius 1 is 0.914 bits per heavy atom. The molecule has 4 aromatic rings. The van der Waals surface area contributed by atoms with Crippen LogP contribution in [0.25, 0.3) is 22.4 Å². The molecule has 2 heterocycles. The van der Waals surface area contributed by atoms with E-state index in [2.05, 4.69) is 20.6 Å². The van der Waals surface area contributed by atoms with Crippen molar-refractivity contribution in [2.24, 2.45) is 0 Å². The van der Waals surface area contributed by atoms with Crippen molar-refractivity contribution in [3.8, 4) is 11.3 Å². The number of nitrogens with one attached hydrogen (secondary N) is 2. The maximum Gasteiger partial charge on any atom is 0.278 e. The second kappa shape index (κ2) is 10.8. The predicted octanol–water partition coefficient (Wildman–Crippen LogP) is 5.82. The maximum atomic E-state index is 13.4. The number of rotatable bonds is 7. The van der Waals surface area contributed by atoms with Crippen molar-refractivity contribution in [3.63, 3.8) is 0 Å². The van der Waals surface area contributed by atoms with E-state index in [4.69, 9.17) is 46.4 Å². The van der Waals surface area contributed by atoms with Gasteiger partial charge in [0.1, 0.15) is 17.0 Å². The van der Waals surface area contributed by atoms with Crippen LogP contribution in [-0.4, -0.2) is 27.0 Å². The molecule has 0 aliphatic rings. The molecule has 0 unspecified atom stereocenters. The molecule has 0 spiro atoms. The summed E-state index contributed by atoms with van der Waals surface area (Å²) in [5.41, 5.74) is 2.17. The van der Waals surface area contributed by atoms with Crippen molar-refractivity contribution in [3.05, 3.63) is 84.5 Å². The minimum Gasteiger partial charge on any atom is -0.366 e. The van der Waals surface area contributed by atoms with Gasteiger partial charge in [0.25, 0.3) is 5.56 Å². The second-order valence-corrected chi connectivity index (χ2v) is 9.30. The maximum absolute atomic E-state index is 13.4. The van der Waals surface area contributed by atoms with Crippen molar-refractivity contribution in [2.45, 2.75) is 20.0 Å². The Balaban J connectivity index is 1.74. The van der Waals surface area contributed by atoms with E-state index in [0.29, 0.717) is 49.2 Å². The average molecular weight is 551 g/mol. The van der Waals surface area contributed by atoms with Crippen LogP contribution >= 0.6 is 46.4 Å². The van der Waals surface area contributed by atoms with Gasteiger partial charge in [-0.15, -0.1) is 0 Å². The van der Waals surface area contributed by atoms with Crippen LogP contribution in [0, 0.1) is 0 Å². The van der Waals surface area contributed by atoms with Crippen molar-refractivity contribution >= 4 is 69.3 Å². The highest BCUT2D eigenvalue weighted by molar-refractivity contribution is 6.42. The fourth-order valence-corrected chi connectivity index (χ4v) is 4.06. The van der Waals surface area contributed by atoms with Gasteiger partial charge < -0.3 is 10.6 Å². The van der Waals surface area contributed by atoms with Crippen molar-refractivity contribution in [1.82, 2.24) is 19.9 Å². The second-order valence-electron chi connectivity index (χ2n) is 7.67. The monoisotopic (exact) mass is 549 g/mol. The van der Waals surface area contributed by atoms with Crippen molar-refractivity contribution in [1.29, 1.82) is 0 Å². The molecule has 1 amide bonds. The van der Waals surface area contributed by atoms with E-state index in [1.807, 2.05) is 6.07 Å². The Labute approximate surface area is 221 Å². The van der Waals surface area contributed by atoms with Crippen LogP contribution in [0.2, 0.25) is 20.1 Å². The van der Waals surface area contributed by atoms with Gasteiger partial charge in [0.05, 0.1) is 20.1 Å². The van der Waals surface area contributed by atoms with Gasteiger partial charge in [-0.25, -0.2) is 9.97 Å². The quantitative estimate of drug-likeness (QED) is 0.302. The van der Waals surface area contributed by atoms with E-state index >= 15 is 0 Å². The molecule has 2 aromatic carbocycles. The molecular weight excluding hydrogens is 532 g/mol. The molecule has 4 rings (SSSR count). The minimum atomic E-state index is -0.365. The van der Waals surface area contributed by atoms with Gasteiger partial charge in [0, 0.05) is 32.1 Å². The highest BCUT2D eigenvalue weighted by atomic mass is 35.5. The Morgan fingerprint density at radius 3 is 2.31 bits per heavy atom. The van der Waals surface area contributed by atoms with Crippen LogP contribution in [0.1, 0.15) is 12.5 Å². The minimum absolute atomic E-state index is 0.196. The Morgan fingerprint density at radius 2 is 1.63 bits per heavy atom. The molecule has 35 heavy (non-hydrogen) atoms. The highest BCUT2D eigenvalue weighted by Gasteiger charge is 2.16. The lowest BCUT2D eigenvalue weighted by Gasteiger charge is -2.14. The molecule has 0 saturated carbocycles. The normalized spacial score (nSPS) is 11.0. The first-order valence-corrected chi connectivity index (χ1v) is 12.0. The molecule has 0 radical (unpaired) electrons. The Bertz CT molecular complexity index is 1490. The van der Waals surface area contributed by atoms with Gasteiger partial charge in [-0.1, -0.05) is 58.5 Å². The number of fused-ring (bicyclic) bond motifs is 1. The summed E-state index contributed by atoms with van der Waals surface area (Å²) in [7, 11) is 0. The van der Waals surface area contributed by atoms with Crippen LogP contribution in [0.15, 0.2) is 53.3 Å². The van der Waals surface area contributed by atoms with E-state index in [-0.39, 0.29) is 30.2 Å². The summed E-state index contributed by atoms with van der Waals surface area (Å²) in [6.07, 6.45) is 0. The topological polar surface area (TPSA) is 88.9 Å². The first-order valence-electron chi connectivity index (χ1n) is 10.5. The number of hydrogen-bond donors (Lipinski definition) is 2. The zero-order valence-electron chi connectivity index (χ0n) is 18.4. The van der Waals surface area contributed by atoms with Gasteiger partial charge in [0.15, 0.2) is 5.65 Å². The summed E-state index contributed by atoms with van der Waals surface area (Å²) in [6.45, 7) is 2.31. The van der Waals surface area contributed by atoms with E-state index in [1.165, 1.54) is 11.5 Å². The summed E-state index contributed by atoms with van der Waals surface area (Å²) in [5.74, 6) is 0.346. The molecule has 11 heteroatoms. The molecule has 0 fully saturated rings. The molecule has 2 aromatic heterocycles. The van der Waals surface area contributed by atoms with Crippen LogP contribution in [0.3, 0.4) is 0 Å². The van der Waals surface area contributed by atoms with Crippen LogP contribution in [0.4, 0.5) is 5.82 Å². The van der Waals surface area contributed by atoms with Gasteiger partial charge in [-0.3, -0.25) is 14.2 Å². The molecule has 0 aliphatic heterocycles. The van der Waals surface area contributed by atoms with Crippen LogP contribution in [0.5, 0.6) is 0 Å². The molecule has 7 nitrogen and oxygen atoms in total. The molecule has 0 aliphatic carbocycles. The molecular formula is C24H19Cl4N5O2. The third-order valence-corrected chi connectivity index (χ3v) is 6.63. The highest BCUT2D eigenvalue weighted by Crippen LogP contribution is 2.27. The lowest BCUT2D eigenvalue weighted by Crippen LogP contribution is -2.31. The molecule has 180 valence electrons. The van der Waals surface area contributed by atoms with Crippen molar-refractivity contribution in [2.75, 3.05) is 11.9 Å². The van der Waals surface area contributed by atoms with E-state index in [1.54, 1.807) is 42.5 Å². The van der Waals surface area contributed by atoms with E-state index < -0.39 is 0 Å². The lowest BCUT2D eigenvalue weighted by molar-refractivity contribution is -0.118. The van der Waals surface area contributed by atoms with Gasteiger partial charge in [-0.05, 0) is 42.0 Å². The van der Waals surface area contributed by atoms with E-state index in [0.717, 1.165) is 5.56 Å². The summed E-state index contributed by atoms with van der Waals surface area (Å²) < 4.78 is 1.49. The number of nitrogens with zero attached hydrogens (tertiary/aromatic N) is 3. The Hall–Kier alpha value is -2.84. The third-order valence-electron chi connectivity index (χ3n) is 5.15. The van der Waals surface area contributed by atoms with E-state index in [9.17, 15) is 9.59 Å². The summed E-state index contributed by atoms with van der Waals surface area (Å²) in [4.78, 5) is 34.0. The van der Waals surface area contributed by atoms with Gasteiger partial charge in [0.2, 0.25) is 5.91 Å². The average Bonchev–Trinajstić information content (AvgIpc) is 2.82. The summed E-state index contributed by atoms with van der Waals surface area (Å²) >= 11 is 24.3. The number of hydrogen-bond acceptors (Lipinski definition) is 5. The third kappa shape index (κ3) is 5.87. The SMILES string of the molecule is CC(=O)NCCn1c(=O)c(-c2ccc(Cl)c(Cl)c2)nc2ccc(NCc3ccc(Cl)c(Cl)c3)nc21. The standard InChI is InChI=1S/C24H19Cl4N5O2/c1-13(34)29-8-9-33-23-20(31-22(24(33)35)15-3-5-17(26)19(28)11-15)6-7-21(32-23)30-12-14-2-4-16(25)18(27)10-14/h2-7,10-11H,8-9,12H2,1H3,(H,29,34)(H,30,32). The number of anilines is 1.